The van der Waals surface area contributed by atoms with Gasteiger partial charge in [0.15, 0.2) is 0 Å². The highest BCUT2D eigenvalue weighted by Gasteiger charge is 2.33. The minimum atomic E-state index is -3.73. The van der Waals surface area contributed by atoms with E-state index in [1.54, 1.807) is 34.8 Å². The Morgan fingerprint density at radius 3 is 2.81 bits per heavy atom. The number of sulfonamides is 1. The molecule has 3 rings (SSSR count). The maximum absolute atomic E-state index is 12.8. The molecule has 1 aliphatic rings. The van der Waals surface area contributed by atoms with Crippen molar-refractivity contribution in [1.82, 2.24) is 14.5 Å². The molecule has 1 saturated heterocycles. The van der Waals surface area contributed by atoms with Crippen molar-refractivity contribution in [2.45, 2.75) is 31.6 Å². The summed E-state index contributed by atoms with van der Waals surface area (Å²) >= 11 is 0. The van der Waals surface area contributed by atoms with Crippen molar-refractivity contribution in [3.8, 4) is 6.07 Å². The largest absolute Gasteiger partial charge is 0.296 e. The normalized spacial score (nSPS) is 17.7. The van der Waals surface area contributed by atoms with Crippen LogP contribution in [-0.2, 0) is 27.6 Å². The highest BCUT2D eigenvalue weighted by Crippen LogP contribution is 2.22. The Hall–Kier alpha value is -2.70. The van der Waals surface area contributed by atoms with E-state index in [-0.39, 0.29) is 11.7 Å². The summed E-state index contributed by atoms with van der Waals surface area (Å²) in [5.74, 6) is 0.0960. The van der Waals surface area contributed by atoms with Crippen LogP contribution in [0.5, 0.6) is 0 Å². The minimum Gasteiger partial charge on any atom is -0.296 e. The minimum absolute atomic E-state index is 0.279. The summed E-state index contributed by atoms with van der Waals surface area (Å²) in [6, 6.07) is 9.42. The third-order valence-corrected chi connectivity index (χ3v) is 5.78. The lowest BCUT2D eigenvalue weighted by atomic mass is 10.1. The van der Waals surface area contributed by atoms with Crippen LogP contribution in [0.25, 0.3) is 0 Å². The van der Waals surface area contributed by atoms with Gasteiger partial charge in [-0.2, -0.15) is 10.4 Å². The number of carbonyl (C=O) groups is 1. The molecule has 0 radical (unpaired) electrons. The molecule has 1 fully saturated rings. The van der Waals surface area contributed by atoms with E-state index in [2.05, 4.69) is 9.82 Å². The zero-order chi connectivity index (χ0) is 19.6. The van der Waals surface area contributed by atoms with Crippen LogP contribution in [0.3, 0.4) is 0 Å². The van der Waals surface area contributed by atoms with Gasteiger partial charge in [0.1, 0.15) is 11.9 Å². The zero-order valence-corrected chi connectivity index (χ0v) is 16.0. The number of anilines is 1. The predicted molar refractivity (Wildman–Crippen MR) is 100 cm³/mol. The van der Waals surface area contributed by atoms with Crippen LogP contribution in [0.4, 0.5) is 5.82 Å². The first-order valence-electron chi connectivity index (χ1n) is 8.60. The number of amides is 1. The number of hydrogen-bond acceptors (Lipinski definition) is 5. The van der Waals surface area contributed by atoms with E-state index in [4.69, 9.17) is 5.26 Å². The smallest absolute Gasteiger partial charge is 0.246 e. The zero-order valence-electron chi connectivity index (χ0n) is 15.2. The lowest BCUT2D eigenvalue weighted by Gasteiger charge is -2.32. The highest BCUT2D eigenvalue weighted by atomic mass is 32.2. The number of hydrogen-bond donors (Lipinski definition) is 1. The Bertz CT molecular complexity index is 1010. The number of piperidine rings is 1. The number of nitrogens with zero attached hydrogens (tertiary/aromatic N) is 4. The van der Waals surface area contributed by atoms with Gasteiger partial charge in [0.25, 0.3) is 0 Å². The summed E-state index contributed by atoms with van der Waals surface area (Å²) in [5, 5.41) is 13.2. The number of nitriles is 1. The van der Waals surface area contributed by atoms with Crippen LogP contribution in [-0.4, -0.2) is 36.7 Å². The molecule has 1 aromatic carbocycles. The number of benzene rings is 1. The van der Waals surface area contributed by atoms with E-state index in [0.717, 1.165) is 5.69 Å². The van der Waals surface area contributed by atoms with Gasteiger partial charge in [-0.05, 0) is 37.5 Å². The first-order chi connectivity index (χ1) is 12.8. The van der Waals surface area contributed by atoms with E-state index < -0.39 is 16.1 Å². The van der Waals surface area contributed by atoms with Gasteiger partial charge >= 0.3 is 0 Å². The van der Waals surface area contributed by atoms with Crippen LogP contribution in [0.2, 0.25) is 0 Å². The average molecular weight is 387 g/mol. The van der Waals surface area contributed by atoms with E-state index in [9.17, 15) is 13.2 Å². The maximum atomic E-state index is 12.8. The third kappa shape index (κ3) is 4.35. The molecule has 0 saturated carbocycles. The Labute approximate surface area is 158 Å². The molecular weight excluding hydrogens is 366 g/mol. The van der Waals surface area contributed by atoms with Gasteiger partial charge in [0.05, 0.1) is 23.1 Å². The van der Waals surface area contributed by atoms with Crippen LogP contribution in [0, 0.1) is 18.3 Å². The van der Waals surface area contributed by atoms with Crippen molar-refractivity contribution in [3.05, 3.63) is 47.2 Å². The van der Waals surface area contributed by atoms with Crippen molar-refractivity contribution in [2.24, 2.45) is 7.05 Å². The fourth-order valence-corrected chi connectivity index (χ4v) is 4.62. The van der Waals surface area contributed by atoms with E-state index in [0.29, 0.717) is 36.3 Å². The van der Waals surface area contributed by atoms with Crippen LogP contribution >= 0.6 is 0 Å². The SMILES string of the molecule is Cc1cc(N2CCCC(NS(=O)(=O)Cc3cccc(C#N)c3)C2=O)n(C)n1. The van der Waals surface area contributed by atoms with Gasteiger partial charge in [-0.15, -0.1) is 0 Å². The molecule has 9 heteroatoms. The molecule has 1 N–H and O–H groups in total. The first-order valence-corrected chi connectivity index (χ1v) is 10.3. The van der Waals surface area contributed by atoms with Gasteiger partial charge in [0, 0.05) is 19.7 Å². The number of nitrogens with one attached hydrogen (secondary N) is 1. The summed E-state index contributed by atoms with van der Waals surface area (Å²) < 4.78 is 29.2. The van der Waals surface area contributed by atoms with E-state index >= 15 is 0 Å². The number of rotatable bonds is 5. The molecule has 1 aromatic heterocycles. The number of aromatic nitrogens is 2. The third-order valence-electron chi connectivity index (χ3n) is 4.43. The van der Waals surface area contributed by atoms with Crippen LogP contribution in [0.1, 0.15) is 29.7 Å². The van der Waals surface area contributed by atoms with Crippen molar-refractivity contribution in [3.63, 3.8) is 0 Å². The van der Waals surface area contributed by atoms with Gasteiger partial charge in [0.2, 0.25) is 15.9 Å². The summed E-state index contributed by atoms with van der Waals surface area (Å²) in [4.78, 5) is 14.4. The maximum Gasteiger partial charge on any atom is 0.246 e. The van der Waals surface area contributed by atoms with Gasteiger partial charge < -0.3 is 0 Å². The lowest BCUT2D eigenvalue weighted by molar-refractivity contribution is -0.121. The number of aryl methyl sites for hydroxylation is 2. The molecule has 27 heavy (non-hydrogen) atoms. The fraction of sp³-hybridized carbons (Fsp3) is 0.389. The van der Waals surface area contributed by atoms with Crippen molar-refractivity contribution in [2.75, 3.05) is 11.4 Å². The standard InChI is InChI=1S/C18H21N5O3S/c1-13-9-17(22(2)20-13)23-8-4-7-16(18(23)24)21-27(25,26)12-15-6-3-5-14(10-15)11-19/h3,5-6,9-10,16,21H,4,7-8,12H2,1-2H3. The molecule has 1 atom stereocenters. The second-order valence-corrected chi connectivity index (χ2v) is 8.40. The van der Waals surface area contributed by atoms with E-state index in [1.807, 2.05) is 19.1 Å². The van der Waals surface area contributed by atoms with Gasteiger partial charge in [-0.3, -0.25) is 14.4 Å². The quantitative estimate of drug-likeness (QED) is 0.830. The molecule has 2 heterocycles. The topological polar surface area (TPSA) is 108 Å². The van der Waals surface area contributed by atoms with Crippen molar-refractivity contribution < 1.29 is 13.2 Å². The van der Waals surface area contributed by atoms with E-state index in [1.165, 1.54) is 6.07 Å². The Balaban J connectivity index is 1.74. The lowest BCUT2D eigenvalue weighted by Crippen LogP contribution is -2.53. The van der Waals surface area contributed by atoms with Crippen molar-refractivity contribution in [1.29, 1.82) is 5.26 Å². The highest BCUT2D eigenvalue weighted by molar-refractivity contribution is 7.88. The van der Waals surface area contributed by atoms with Gasteiger partial charge in [-0.1, -0.05) is 12.1 Å². The Morgan fingerprint density at radius 1 is 1.37 bits per heavy atom. The average Bonchev–Trinajstić information content (AvgIpc) is 2.94. The molecule has 1 unspecified atom stereocenters. The Kier molecular flexibility index (Phi) is 5.30. The fourth-order valence-electron chi connectivity index (χ4n) is 3.27. The summed E-state index contributed by atoms with van der Waals surface area (Å²) in [5.41, 5.74) is 1.69. The molecule has 2 aromatic rings. The summed E-state index contributed by atoms with van der Waals surface area (Å²) in [6.45, 7) is 2.37. The predicted octanol–water partition coefficient (Wildman–Crippen LogP) is 1.22. The number of carbonyl (C=O) groups excluding carboxylic acids is 1. The molecule has 0 aliphatic carbocycles. The molecule has 142 valence electrons. The van der Waals surface area contributed by atoms with Gasteiger partial charge in [-0.25, -0.2) is 13.1 Å². The second kappa shape index (κ2) is 7.50. The molecular formula is C18H21N5O3S. The molecule has 1 aliphatic heterocycles. The van der Waals surface area contributed by atoms with Crippen molar-refractivity contribution >= 4 is 21.7 Å². The molecule has 1 amide bonds. The Morgan fingerprint density at radius 2 is 2.15 bits per heavy atom. The first kappa shape index (κ1) is 19.1. The summed E-state index contributed by atoms with van der Waals surface area (Å²) in [7, 11) is -1.98. The molecule has 0 spiro atoms. The van der Waals surface area contributed by atoms with Crippen LogP contribution < -0.4 is 9.62 Å². The molecule has 0 bridgehead atoms. The molecule has 8 nitrogen and oxygen atoms in total. The second-order valence-electron chi connectivity index (χ2n) is 6.64. The monoisotopic (exact) mass is 387 g/mol. The summed E-state index contributed by atoms with van der Waals surface area (Å²) in [6.07, 6.45) is 1.14. The van der Waals surface area contributed by atoms with Crippen LogP contribution in [0.15, 0.2) is 30.3 Å².